The van der Waals surface area contributed by atoms with Crippen LogP contribution in [0, 0.1) is 12.7 Å². The van der Waals surface area contributed by atoms with E-state index in [1.807, 2.05) is 0 Å². The van der Waals surface area contributed by atoms with Gasteiger partial charge < -0.3 is 11.1 Å². The summed E-state index contributed by atoms with van der Waals surface area (Å²) >= 11 is 1.24. The second-order valence-corrected chi connectivity index (χ2v) is 5.18. The number of hydrogen-bond acceptors (Lipinski definition) is 3. The maximum absolute atomic E-state index is 13.0. The lowest BCUT2D eigenvalue weighted by Crippen LogP contribution is -2.16. The quantitative estimate of drug-likeness (QED) is 0.905. The first-order valence-electron chi connectivity index (χ1n) is 5.44. The summed E-state index contributed by atoms with van der Waals surface area (Å²) in [5, 5.41) is 2.94. The summed E-state index contributed by atoms with van der Waals surface area (Å²) in [5.41, 5.74) is 5.66. The number of hydrogen-bond donors (Lipinski definition) is 2. The van der Waals surface area contributed by atoms with E-state index in [9.17, 15) is 14.0 Å². The standard InChI is InChI=1S/C13H11FN2O2S/c1-7-5-10(11(15)17)13(19-7)16-12(18)8-3-2-4-9(14)6-8/h2-6H,1H3,(H2,15,17)(H,16,18). The molecular formula is C13H11FN2O2S. The van der Waals surface area contributed by atoms with Gasteiger partial charge in [0.1, 0.15) is 10.8 Å². The van der Waals surface area contributed by atoms with E-state index in [4.69, 9.17) is 5.73 Å². The molecule has 0 saturated carbocycles. The van der Waals surface area contributed by atoms with Crippen LogP contribution in [0.15, 0.2) is 30.3 Å². The predicted octanol–water partition coefficient (Wildman–Crippen LogP) is 2.55. The molecule has 4 nitrogen and oxygen atoms in total. The number of carbonyl (C=O) groups excluding carboxylic acids is 2. The molecule has 98 valence electrons. The van der Waals surface area contributed by atoms with Crippen molar-refractivity contribution in [1.29, 1.82) is 0 Å². The Kier molecular flexibility index (Phi) is 3.62. The molecule has 1 aromatic carbocycles. The summed E-state index contributed by atoms with van der Waals surface area (Å²) in [6.07, 6.45) is 0. The lowest BCUT2D eigenvalue weighted by Gasteiger charge is -2.04. The van der Waals surface area contributed by atoms with E-state index in [1.165, 1.54) is 29.5 Å². The van der Waals surface area contributed by atoms with Crippen LogP contribution in [0.1, 0.15) is 25.6 Å². The van der Waals surface area contributed by atoms with Crippen LogP contribution in [0.2, 0.25) is 0 Å². The van der Waals surface area contributed by atoms with Gasteiger partial charge in [0.25, 0.3) is 11.8 Å². The number of benzene rings is 1. The van der Waals surface area contributed by atoms with Gasteiger partial charge in [-0.3, -0.25) is 9.59 Å². The molecule has 0 bridgehead atoms. The van der Waals surface area contributed by atoms with E-state index < -0.39 is 17.6 Å². The number of rotatable bonds is 3. The summed E-state index contributed by atoms with van der Waals surface area (Å²) in [6, 6.07) is 6.91. The number of halogens is 1. The number of nitrogens with one attached hydrogen (secondary N) is 1. The van der Waals surface area contributed by atoms with Gasteiger partial charge in [0.15, 0.2) is 0 Å². The fourth-order valence-electron chi connectivity index (χ4n) is 1.60. The summed E-state index contributed by atoms with van der Waals surface area (Å²) in [7, 11) is 0. The first-order valence-corrected chi connectivity index (χ1v) is 6.26. The average molecular weight is 278 g/mol. The van der Waals surface area contributed by atoms with Crippen LogP contribution < -0.4 is 11.1 Å². The van der Waals surface area contributed by atoms with E-state index in [2.05, 4.69) is 5.32 Å². The molecule has 0 unspecified atom stereocenters. The van der Waals surface area contributed by atoms with E-state index in [0.29, 0.717) is 5.00 Å². The Balaban J connectivity index is 2.26. The van der Waals surface area contributed by atoms with Crippen molar-refractivity contribution in [2.45, 2.75) is 6.92 Å². The SMILES string of the molecule is Cc1cc(C(N)=O)c(NC(=O)c2cccc(F)c2)s1. The van der Waals surface area contributed by atoms with Crippen molar-refractivity contribution in [2.75, 3.05) is 5.32 Å². The number of aryl methyl sites for hydroxylation is 1. The molecule has 0 atom stereocenters. The Bertz CT molecular complexity index is 652. The molecular weight excluding hydrogens is 267 g/mol. The third-order valence-electron chi connectivity index (χ3n) is 2.43. The summed E-state index contributed by atoms with van der Waals surface area (Å²) in [5.74, 6) is -1.59. The van der Waals surface area contributed by atoms with Crippen LogP contribution in [0.3, 0.4) is 0 Å². The minimum atomic E-state index is -0.612. The van der Waals surface area contributed by atoms with Crippen molar-refractivity contribution in [3.05, 3.63) is 52.2 Å². The lowest BCUT2D eigenvalue weighted by molar-refractivity contribution is 0.100. The Labute approximate surface area is 113 Å². The van der Waals surface area contributed by atoms with Crippen molar-refractivity contribution in [3.8, 4) is 0 Å². The average Bonchev–Trinajstić information content (AvgIpc) is 2.70. The van der Waals surface area contributed by atoms with Gasteiger partial charge in [-0.1, -0.05) is 6.07 Å². The topological polar surface area (TPSA) is 72.2 Å². The third-order valence-corrected chi connectivity index (χ3v) is 3.40. The second-order valence-electron chi connectivity index (χ2n) is 3.93. The van der Waals surface area contributed by atoms with Crippen LogP contribution in [-0.4, -0.2) is 11.8 Å². The largest absolute Gasteiger partial charge is 0.366 e. The molecule has 0 aliphatic carbocycles. The highest BCUT2D eigenvalue weighted by molar-refractivity contribution is 7.16. The molecule has 0 radical (unpaired) electrons. The molecule has 0 saturated heterocycles. The first-order chi connectivity index (χ1) is 8.97. The zero-order chi connectivity index (χ0) is 14.0. The molecule has 2 rings (SSSR count). The number of amides is 2. The molecule has 2 aromatic rings. The predicted molar refractivity (Wildman–Crippen MR) is 71.9 cm³/mol. The molecule has 1 aromatic heterocycles. The number of thiophene rings is 1. The van der Waals surface area contributed by atoms with Crippen molar-refractivity contribution in [1.82, 2.24) is 0 Å². The van der Waals surface area contributed by atoms with E-state index in [0.717, 1.165) is 10.9 Å². The molecule has 19 heavy (non-hydrogen) atoms. The fraction of sp³-hybridized carbons (Fsp3) is 0.0769. The second kappa shape index (κ2) is 5.19. The zero-order valence-electron chi connectivity index (χ0n) is 10.1. The van der Waals surface area contributed by atoms with Crippen molar-refractivity contribution in [2.24, 2.45) is 5.73 Å². The van der Waals surface area contributed by atoms with Gasteiger partial charge in [-0.25, -0.2) is 4.39 Å². The maximum atomic E-state index is 13.0. The Hall–Kier alpha value is -2.21. The van der Waals surface area contributed by atoms with E-state index in [-0.39, 0.29) is 11.1 Å². The molecule has 0 spiro atoms. The highest BCUT2D eigenvalue weighted by Crippen LogP contribution is 2.27. The normalized spacial score (nSPS) is 10.2. The number of carbonyl (C=O) groups is 2. The van der Waals surface area contributed by atoms with E-state index >= 15 is 0 Å². The lowest BCUT2D eigenvalue weighted by atomic mass is 10.2. The van der Waals surface area contributed by atoms with Crippen molar-refractivity contribution < 1.29 is 14.0 Å². The summed E-state index contributed by atoms with van der Waals surface area (Å²) < 4.78 is 13.0. The Morgan fingerprint density at radius 1 is 1.32 bits per heavy atom. The van der Waals surface area contributed by atoms with Gasteiger partial charge in [0, 0.05) is 10.4 Å². The molecule has 0 fully saturated rings. The van der Waals surface area contributed by atoms with Crippen LogP contribution in [0.4, 0.5) is 9.39 Å². The van der Waals surface area contributed by atoms with Gasteiger partial charge in [-0.2, -0.15) is 0 Å². The molecule has 1 heterocycles. The van der Waals surface area contributed by atoms with Gasteiger partial charge in [0.2, 0.25) is 0 Å². The highest BCUT2D eigenvalue weighted by atomic mass is 32.1. The third kappa shape index (κ3) is 2.97. The molecule has 0 aliphatic heterocycles. The summed E-state index contributed by atoms with van der Waals surface area (Å²) in [6.45, 7) is 1.80. The number of nitrogens with two attached hydrogens (primary N) is 1. The monoisotopic (exact) mass is 278 g/mol. The summed E-state index contributed by atoms with van der Waals surface area (Å²) in [4.78, 5) is 24.0. The maximum Gasteiger partial charge on any atom is 0.256 e. The molecule has 6 heteroatoms. The van der Waals surface area contributed by atoms with Gasteiger partial charge in [-0.15, -0.1) is 11.3 Å². The van der Waals surface area contributed by atoms with Gasteiger partial charge in [0.05, 0.1) is 5.56 Å². The van der Waals surface area contributed by atoms with Crippen molar-refractivity contribution in [3.63, 3.8) is 0 Å². The highest BCUT2D eigenvalue weighted by Gasteiger charge is 2.15. The van der Waals surface area contributed by atoms with Gasteiger partial charge in [-0.05, 0) is 31.2 Å². The number of anilines is 1. The molecule has 2 amide bonds. The molecule has 0 aliphatic rings. The van der Waals surface area contributed by atoms with E-state index in [1.54, 1.807) is 13.0 Å². The van der Waals surface area contributed by atoms with Crippen molar-refractivity contribution >= 4 is 28.2 Å². The van der Waals surface area contributed by atoms with Crippen LogP contribution in [0.5, 0.6) is 0 Å². The van der Waals surface area contributed by atoms with Gasteiger partial charge >= 0.3 is 0 Å². The smallest absolute Gasteiger partial charge is 0.256 e. The van der Waals surface area contributed by atoms with Crippen LogP contribution >= 0.6 is 11.3 Å². The minimum absolute atomic E-state index is 0.182. The fourth-order valence-corrected chi connectivity index (χ4v) is 2.51. The zero-order valence-corrected chi connectivity index (χ0v) is 10.9. The molecule has 3 N–H and O–H groups in total. The van der Waals surface area contributed by atoms with Crippen LogP contribution in [0.25, 0.3) is 0 Å². The Morgan fingerprint density at radius 2 is 2.05 bits per heavy atom. The Morgan fingerprint density at radius 3 is 2.68 bits per heavy atom. The first kappa shape index (κ1) is 13.2. The van der Waals surface area contributed by atoms with Crippen LogP contribution in [-0.2, 0) is 0 Å². The minimum Gasteiger partial charge on any atom is -0.366 e. The number of primary amides is 1.